The molecule has 0 heterocycles. The molecule has 0 bridgehead atoms. The standard InChI is InChI=1S/C17H25/c1-6-7-8-9-10-11-17-12-13(2)14(3)15(4)16(17)5/h10,12H,6-9H2,1-5H3. The fourth-order valence-corrected chi connectivity index (χ4v) is 2.04. The number of benzene rings is 1. The zero-order valence-electron chi connectivity index (χ0n) is 12.0. The largest absolute Gasteiger partial charge is 0.0760 e. The minimum Gasteiger partial charge on any atom is -0.0760 e. The summed E-state index contributed by atoms with van der Waals surface area (Å²) in [5, 5.41) is 0. The highest BCUT2D eigenvalue weighted by Crippen LogP contribution is 2.21. The lowest BCUT2D eigenvalue weighted by Crippen LogP contribution is -1.94. The molecule has 0 amide bonds. The Balaban J connectivity index is 2.78. The number of rotatable bonds is 5. The van der Waals surface area contributed by atoms with Gasteiger partial charge in [-0.15, -0.1) is 0 Å². The van der Waals surface area contributed by atoms with Crippen LogP contribution in [-0.2, 0) is 0 Å². The maximum absolute atomic E-state index is 3.46. The van der Waals surface area contributed by atoms with E-state index in [4.69, 9.17) is 0 Å². The van der Waals surface area contributed by atoms with Crippen LogP contribution in [0, 0.1) is 33.8 Å². The molecule has 17 heavy (non-hydrogen) atoms. The molecule has 0 saturated heterocycles. The topological polar surface area (TPSA) is 0 Å². The first-order valence-electron chi connectivity index (χ1n) is 6.73. The number of aryl methyl sites for hydroxylation is 1. The van der Waals surface area contributed by atoms with Crippen LogP contribution in [0.1, 0.15) is 60.4 Å². The lowest BCUT2D eigenvalue weighted by Gasteiger charge is -2.11. The lowest BCUT2D eigenvalue weighted by atomic mass is 9.94. The molecule has 1 aromatic carbocycles. The Kier molecular flexibility index (Phi) is 5.47. The van der Waals surface area contributed by atoms with Gasteiger partial charge in [0.25, 0.3) is 0 Å². The highest BCUT2D eigenvalue weighted by Gasteiger charge is 2.04. The lowest BCUT2D eigenvalue weighted by molar-refractivity contribution is 0.728. The van der Waals surface area contributed by atoms with Crippen LogP contribution < -0.4 is 0 Å². The molecule has 0 atom stereocenters. The molecule has 0 aromatic heterocycles. The summed E-state index contributed by atoms with van der Waals surface area (Å²) in [5.41, 5.74) is 6.84. The van der Waals surface area contributed by atoms with Gasteiger partial charge in [-0.25, -0.2) is 0 Å². The molecule has 0 spiro atoms. The number of hydrogen-bond acceptors (Lipinski definition) is 0. The van der Waals surface area contributed by atoms with Crippen LogP contribution in [-0.4, -0.2) is 0 Å². The van der Waals surface area contributed by atoms with Crippen molar-refractivity contribution >= 4 is 0 Å². The smallest absolute Gasteiger partial charge is 0.0146 e. The molecule has 0 unspecified atom stereocenters. The zero-order valence-corrected chi connectivity index (χ0v) is 12.0. The van der Waals surface area contributed by atoms with Gasteiger partial charge in [0, 0.05) is 0 Å². The van der Waals surface area contributed by atoms with Crippen LogP contribution in [0.25, 0.3) is 0 Å². The Morgan fingerprint density at radius 3 is 2.35 bits per heavy atom. The van der Waals surface area contributed by atoms with E-state index in [0.29, 0.717) is 0 Å². The second-order valence-corrected chi connectivity index (χ2v) is 4.96. The van der Waals surface area contributed by atoms with E-state index >= 15 is 0 Å². The molecule has 0 aliphatic rings. The number of unbranched alkanes of at least 4 members (excludes halogenated alkanes) is 3. The van der Waals surface area contributed by atoms with Crippen LogP contribution in [0.15, 0.2) is 12.1 Å². The third-order valence-corrected chi connectivity index (χ3v) is 3.69. The summed E-state index contributed by atoms with van der Waals surface area (Å²) in [5.74, 6) is 0. The Morgan fingerprint density at radius 1 is 1.00 bits per heavy atom. The number of allylic oxidation sites excluding steroid dienone is 1. The predicted molar refractivity (Wildman–Crippen MR) is 76.4 cm³/mol. The van der Waals surface area contributed by atoms with Gasteiger partial charge < -0.3 is 0 Å². The van der Waals surface area contributed by atoms with Crippen molar-refractivity contribution in [1.29, 1.82) is 0 Å². The van der Waals surface area contributed by atoms with Gasteiger partial charge in [-0.1, -0.05) is 31.9 Å². The van der Waals surface area contributed by atoms with Crippen molar-refractivity contribution in [1.82, 2.24) is 0 Å². The highest BCUT2D eigenvalue weighted by atomic mass is 14.1. The second-order valence-electron chi connectivity index (χ2n) is 4.96. The molecular weight excluding hydrogens is 204 g/mol. The van der Waals surface area contributed by atoms with Gasteiger partial charge in [0.15, 0.2) is 0 Å². The molecule has 0 saturated carbocycles. The van der Waals surface area contributed by atoms with Crippen LogP contribution in [0.3, 0.4) is 0 Å². The Labute approximate surface area is 107 Å². The second kappa shape index (κ2) is 6.64. The minimum atomic E-state index is 1.15. The summed E-state index contributed by atoms with van der Waals surface area (Å²) in [6.07, 6.45) is 10.7. The van der Waals surface area contributed by atoms with Crippen LogP contribution in [0.5, 0.6) is 0 Å². The summed E-state index contributed by atoms with van der Waals surface area (Å²) in [7, 11) is 0. The van der Waals surface area contributed by atoms with Crippen molar-refractivity contribution in [2.24, 2.45) is 0 Å². The van der Waals surface area contributed by atoms with Crippen molar-refractivity contribution in [2.45, 2.75) is 60.3 Å². The summed E-state index contributed by atoms with van der Waals surface area (Å²) in [4.78, 5) is 0. The fourth-order valence-electron chi connectivity index (χ4n) is 2.04. The van der Waals surface area contributed by atoms with Gasteiger partial charge in [0.2, 0.25) is 0 Å². The maximum atomic E-state index is 3.46. The minimum absolute atomic E-state index is 1.15. The average Bonchev–Trinajstić information content (AvgIpc) is 2.32. The van der Waals surface area contributed by atoms with Crippen LogP contribution in [0.2, 0.25) is 0 Å². The zero-order chi connectivity index (χ0) is 12.8. The third kappa shape index (κ3) is 3.73. The summed E-state index contributed by atoms with van der Waals surface area (Å²) in [6.45, 7) is 11.0. The molecule has 0 fully saturated rings. The van der Waals surface area contributed by atoms with E-state index in [1.807, 2.05) is 0 Å². The molecule has 0 aliphatic carbocycles. The van der Waals surface area contributed by atoms with Gasteiger partial charge in [0.1, 0.15) is 0 Å². The van der Waals surface area contributed by atoms with Gasteiger partial charge in [-0.05, 0) is 74.4 Å². The summed E-state index contributed by atoms with van der Waals surface area (Å²) >= 11 is 0. The summed E-state index contributed by atoms with van der Waals surface area (Å²) < 4.78 is 0. The van der Waals surface area contributed by atoms with Crippen LogP contribution >= 0.6 is 0 Å². The van der Waals surface area contributed by atoms with E-state index < -0.39 is 0 Å². The fraction of sp³-hybridized carbons (Fsp3) is 0.529. The molecule has 0 nitrogen and oxygen atoms in total. The molecule has 93 valence electrons. The van der Waals surface area contributed by atoms with Gasteiger partial charge >= 0.3 is 0 Å². The van der Waals surface area contributed by atoms with Crippen molar-refractivity contribution in [3.05, 3.63) is 46.0 Å². The SMILES string of the molecule is CCCCC/C=[C]\c1cc(C)c(C)c(C)c1C. The molecule has 1 aromatic rings. The van der Waals surface area contributed by atoms with Crippen LogP contribution in [0.4, 0.5) is 0 Å². The highest BCUT2D eigenvalue weighted by molar-refractivity contribution is 5.46. The molecule has 0 aliphatic heterocycles. The maximum Gasteiger partial charge on any atom is -0.0146 e. The first kappa shape index (κ1) is 14.0. The van der Waals surface area contributed by atoms with Crippen molar-refractivity contribution < 1.29 is 0 Å². The van der Waals surface area contributed by atoms with Crippen molar-refractivity contribution in [2.75, 3.05) is 0 Å². The first-order valence-corrected chi connectivity index (χ1v) is 6.73. The molecule has 1 radical (unpaired) electrons. The normalized spacial score (nSPS) is 11.4. The van der Waals surface area contributed by atoms with E-state index in [1.165, 1.54) is 47.1 Å². The van der Waals surface area contributed by atoms with E-state index in [2.05, 4.69) is 52.8 Å². The number of hydrogen-bond donors (Lipinski definition) is 0. The molecule has 0 heteroatoms. The van der Waals surface area contributed by atoms with E-state index in [1.54, 1.807) is 0 Å². The van der Waals surface area contributed by atoms with E-state index in [0.717, 1.165) is 6.42 Å². The molecule has 1 rings (SSSR count). The Morgan fingerprint density at radius 2 is 1.71 bits per heavy atom. The van der Waals surface area contributed by atoms with E-state index in [9.17, 15) is 0 Å². The quantitative estimate of drug-likeness (QED) is 0.608. The molecule has 0 N–H and O–H groups in total. The third-order valence-electron chi connectivity index (χ3n) is 3.69. The van der Waals surface area contributed by atoms with Crippen molar-refractivity contribution in [3.8, 4) is 0 Å². The Bertz CT molecular complexity index is 397. The van der Waals surface area contributed by atoms with Gasteiger partial charge in [-0.2, -0.15) is 0 Å². The molecular formula is C17H25. The monoisotopic (exact) mass is 229 g/mol. The predicted octanol–water partition coefficient (Wildman–Crippen LogP) is 5.21. The Hall–Kier alpha value is -1.04. The van der Waals surface area contributed by atoms with Gasteiger partial charge in [0.05, 0.1) is 0 Å². The van der Waals surface area contributed by atoms with Crippen molar-refractivity contribution in [3.63, 3.8) is 0 Å². The van der Waals surface area contributed by atoms with E-state index in [-0.39, 0.29) is 0 Å². The first-order chi connectivity index (χ1) is 8.07. The average molecular weight is 229 g/mol. The summed E-state index contributed by atoms with van der Waals surface area (Å²) in [6, 6.07) is 2.26. The van der Waals surface area contributed by atoms with Gasteiger partial charge in [-0.3, -0.25) is 0 Å².